The Morgan fingerprint density at radius 2 is 1.68 bits per heavy atom. The van der Waals surface area contributed by atoms with Gasteiger partial charge in [-0.15, -0.1) is 0 Å². The van der Waals surface area contributed by atoms with Gasteiger partial charge in [-0.25, -0.2) is 0 Å². The predicted molar refractivity (Wildman–Crippen MR) is 95.2 cm³/mol. The molecule has 0 aromatic heterocycles. The number of anilines is 1. The SMILES string of the molecule is CC.CC1N[C@@H](C)c2ccccc2N(I)C1=O.CS. The third-order valence-corrected chi connectivity index (χ3v) is 3.67. The van der Waals surface area contributed by atoms with Crippen molar-refractivity contribution in [3.63, 3.8) is 0 Å². The normalized spacial score (nSPS) is 21.2. The zero-order valence-corrected chi connectivity index (χ0v) is 15.2. The number of hydrogen-bond donors (Lipinski definition) is 2. The highest BCUT2D eigenvalue weighted by atomic mass is 127. The van der Waals surface area contributed by atoms with E-state index in [0.29, 0.717) is 0 Å². The van der Waals surface area contributed by atoms with Gasteiger partial charge in [0.15, 0.2) is 0 Å². The van der Waals surface area contributed by atoms with E-state index in [-0.39, 0.29) is 18.0 Å². The summed E-state index contributed by atoms with van der Waals surface area (Å²) < 4.78 is 1.70. The lowest BCUT2D eigenvalue weighted by atomic mass is 10.1. The average Bonchev–Trinajstić information content (AvgIpc) is 2.56. The number of amides is 1. The molecule has 0 aliphatic carbocycles. The first-order valence-corrected chi connectivity index (χ1v) is 8.26. The molecule has 5 heteroatoms. The van der Waals surface area contributed by atoms with E-state index in [1.165, 1.54) is 5.56 Å². The minimum absolute atomic E-state index is 0.104. The number of fused-ring (bicyclic) bond motifs is 1. The summed E-state index contributed by atoms with van der Waals surface area (Å²) >= 11 is 5.60. The van der Waals surface area contributed by atoms with Crippen molar-refractivity contribution < 1.29 is 4.79 Å². The highest BCUT2D eigenvalue weighted by Gasteiger charge is 2.28. The van der Waals surface area contributed by atoms with Gasteiger partial charge in [-0.3, -0.25) is 13.2 Å². The molecular weight excluding hydrogens is 371 g/mol. The number of benzene rings is 1. The molecule has 1 aliphatic rings. The predicted octanol–water partition coefficient (Wildman–Crippen LogP) is 3.99. The van der Waals surface area contributed by atoms with Crippen LogP contribution in [0.1, 0.15) is 39.3 Å². The lowest BCUT2D eigenvalue weighted by Gasteiger charge is -2.16. The number of halogens is 1. The van der Waals surface area contributed by atoms with Gasteiger partial charge in [0.2, 0.25) is 0 Å². The van der Waals surface area contributed by atoms with Crippen LogP contribution >= 0.6 is 35.5 Å². The van der Waals surface area contributed by atoms with Gasteiger partial charge in [-0.1, -0.05) is 32.0 Å². The summed E-state index contributed by atoms with van der Waals surface area (Å²) in [6.07, 6.45) is 1.69. The molecule has 1 N–H and O–H groups in total. The molecule has 2 rings (SSSR count). The first kappa shape index (κ1) is 18.7. The Morgan fingerprint density at radius 3 is 2.26 bits per heavy atom. The summed E-state index contributed by atoms with van der Waals surface area (Å²) in [5.41, 5.74) is 2.16. The molecule has 108 valence electrons. The first-order valence-electron chi connectivity index (χ1n) is 6.40. The maximum Gasteiger partial charge on any atom is 0.252 e. The molecule has 1 aromatic carbocycles. The number of carbonyl (C=O) groups excluding carboxylic acids is 1. The highest BCUT2D eigenvalue weighted by molar-refractivity contribution is 14.1. The van der Waals surface area contributed by atoms with Crippen LogP contribution in [0.2, 0.25) is 0 Å². The molecule has 0 bridgehead atoms. The van der Waals surface area contributed by atoms with Crippen LogP contribution in [0.3, 0.4) is 0 Å². The van der Waals surface area contributed by atoms with Crippen molar-refractivity contribution in [2.75, 3.05) is 9.37 Å². The lowest BCUT2D eigenvalue weighted by Crippen LogP contribution is -2.38. The Kier molecular flexibility index (Phi) is 9.47. The van der Waals surface area contributed by atoms with Gasteiger partial charge in [0.05, 0.1) is 34.6 Å². The molecule has 0 spiro atoms. The molecule has 0 fully saturated rings. The van der Waals surface area contributed by atoms with Crippen molar-refractivity contribution in [3.8, 4) is 0 Å². The number of nitrogens with zero attached hydrogens (tertiary/aromatic N) is 1. The number of carbonyl (C=O) groups is 1. The molecule has 0 saturated heterocycles. The van der Waals surface area contributed by atoms with Crippen LogP contribution in [0, 0.1) is 0 Å². The van der Waals surface area contributed by atoms with E-state index < -0.39 is 0 Å². The second-order valence-corrected chi connectivity index (χ2v) is 4.75. The molecule has 1 heterocycles. The summed E-state index contributed by atoms with van der Waals surface area (Å²) in [5, 5.41) is 3.28. The number of nitrogens with one attached hydrogen (secondary N) is 1. The van der Waals surface area contributed by atoms with Crippen molar-refractivity contribution in [2.45, 2.75) is 39.8 Å². The summed E-state index contributed by atoms with van der Waals surface area (Å²) in [4.78, 5) is 11.9. The minimum atomic E-state index is -0.135. The van der Waals surface area contributed by atoms with Crippen LogP contribution in [0.15, 0.2) is 24.3 Å². The lowest BCUT2D eigenvalue weighted by molar-refractivity contribution is -0.118. The largest absolute Gasteiger partial charge is 0.299 e. The standard InChI is InChI=1S/C11H13IN2O.C2H6.CH4S/c1-7-9-5-3-4-6-10(9)14(12)11(15)8(2)13-7;2*1-2/h3-8,13H,1-2H3;1-2H3;2H,1H3/t7-,8?;;/m0../s1. The zero-order valence-electron chi connectivity index (χ0n) is 12.1. The van der Waals surface area contributed by atoms with Gasteiger partial charge in [-0.2, -0.15) is 12.6 Å². The van der Waals surface area contributed by atoms with E-state index in [9.17, 15) is 4.79 Å². The van der Waals surface area contributed by atoms with E-state index in [1.807, 2.05) is 39.0 Å². The third-order valence-electron chi connectivity index (χ3n) is 2.68. The van der Waals surface area contributed by atoms with Gasteiger partial charge in [-0.05, 0) is 31.7 Å². The molecule has 2 atom stereocenters. The summed E-state index contributed by atoms with van der Waals surface area (Å²) in [6.45, 7) is 7.98. The number of rotatable bonds is 0. The Balaban J connectivity index is 0.000000741. The van der Waals surface area contributed by atoms with Crippen molar-refractivity contribution in [1.29, 1.82) is 0 Å². The van der Waals surface area contributed by atoms with Crippen molar-refractivity contribution in [2.24, 2.45) is 0 Å². The van der Waals surface area contributed by atoms with Crippen LogP contribution in [0.4, 0.5) is 5.69 Å². The topological polar surface area (TPSA) is 32.3 Å². The minimum Gasteiger partial charge on any atom is -0.299 e. The van der Waals surface area contributed by atoms with Crippen LogP contribution in [-0.2, 0) is 4.79 Å². The quantitative estimate of drug-likeness (QED) is 0.396. The summed E-state index contributed by atoms with van der Waals surface area (Å²) in [5.74, 6) is 0.104. The van der Waals surface area contributed by atoms with Crippen molar-refractivity contribution in [1.82, 2.24) is 5.32 Å². The van der Waals surface area contributed by atoms with Crippen LogP contribution < -0.4 is 8.43 Å². The van der Waals surface area contributed by atoms with Gasteiger partial charge in [0.1, 0.15) is 0 Å². The van der Waals surface area contributed by atoms with Crippen LogP contribution in [0.5, 0.6) is 0 Å². The van der Waals surface area contributed by atoms with Gasteiger partial charge < -0.3 is 0 Å². The Labute approximate surface area is 136 Å². The van der Waals surface area contributed by atoms with E-state index in [0.717, 1.165) is 5.69 Å². The fourth-order valence-electron chi connectivity index (χ4n) is 1.86. The van der Waals surface area contributed by atoms with Gasteiger partial charge in [0, 0.05) is 6.04 Å². The van der Waals surface area contributed by atoms with Gasteiger partial charge in [0.25, 0.3) is 5.91 Å². The average molecular weight is 394 g/mol. The second-order valence-electron chi connectivity index (χ2n) is 3.79. The molecule has 1 unspecified atom stereocenters. The number of para-hydroxylation sites is 1. The molecule has 1 amide bonds. The van der Waals surface area contributed by atoms with E-state index in [1.54, 1.807) is 9.37 Å². The summed E-state index contributed by atoms with van der Waals surface area (Å²) in [6, 6.07) is 8.08. The van der Waals surface area contributed by atoms with Crippen molar-refractivity contribution in [3.05, 3.63) is 29.8 Å². The molecule has 1 aromatic rings. The second kappa shape index (κ2) is 9.61. The van der Waals surface area contributed by atoms with E-state index in [4.69, 9.17) is 0 Å². The smallest absolute Gasteiger partial charge is 0.252 e. The van der Waals surface area contributed by atoms with Crippen LogP contribution in [0.25, 0.3) is 0 Å². The Bertz CT molecular complexity index is 401. The van der Waals surface area contributed by atoms with Gasteiger partial charge >= 0.3 is 0 Å². The monoisotopic (exact) mass is 394 g/mol. The number of hydrogen-bond acceptors (Lipinski definition) is 3. The van der Waals surface area contributed by atoms with E-state index in [2.05, 4.69) is 53.8 Å². The maximum atomic E-state index is 11.9. The Hall–Kier alpha value is -0.270. The van der Waals surface area contributed by atoms with Crippen LogP contribution in [-0.4, -0.2) is 18.2 Å². The highest BCUT2D eigenvalue weighted by Crippen LogP contribution is 2.31. The summed E-state index contributed by atoms with van der Waals surface area (Å²) in [7, 11) is 0. The molecule has 3 nitrogen and oxygen atoms in total. The third kappa shape index (κ3) is 4.65. The Morgan fingerprint density at radius 1 is 1.16 bits per heavy atom. The van der Waals surface area contributed by atoms with E-state index >= 15 is 0 Å². The molecule has 0 saturated carbocycles. The van der Waals surface area contributed by atoms with Crippen molar-refractivity contribution >= 4 is 47.1 Å². The maximum absolute atomic E-state index is 11.9. The fourth-order valence-corrected chi connectivity index (χ4v) is 2.71. The molecule has 0 radical (unpaired) electrons. The first-order chi connectivity index (χ1) is 9.11. The number of thiol groups is 1. The molecular formula is C14H23IN2OS. The molecule has 19 heavy (non-hydrogen) atoms. The molecule has 1 aliphatic heterocycles. The zero-order chi connectivity index (χ0) is 15.0. The fraction of sp³-hybridized carbons (Fsp3) is 0.500.